The van der Waals surface area contributed by atoms with Crippen molar-refractivity contribution in [2.75, 3.05) is 45.2 Å². The maximum Gasteiger partial charge on any atom is 0.409 e. The second-order valence-electron chi connectivity index (χ2n) is 6.61. The van der Waals surface area contributed by atoms with Gasteiger partial charge in [0.15, 0.2) is 0 Å². The lowest BCUT2D eigenvalue weighted by Gasteiger charge is -2.34. The maximum atomic E-state index is 12.7. The molecule has 2 aromatic rings. The average Bonchev–Trinajstić information content (AvgIpc) is 2.78. The Hall–Kier alpha value is -3.29. The SMILES string of the molecule is CCOC(=O)N1CCN(C(=O)c2ccc(NCc3ccc(OC)cc3)nc2)CC1. The molecule has 0 saturated carbocycles. The maximum absolute atomic E-state index is 12.7. The Balaban J connectivity index is 1.50. The van der Waals surface area contributed by atoms with E-state index in [-0.39, 0.29) is 12.0 Å². The Kier molecular flexibility index (Phi) is 6.89. The zero-order chi connectivity index (χ0) is 20.6. The number of ether oxygens (including phenoxy) is 2. The van der Waals surface area contributed by atoms with Crippen LogP contribution in [0.1, 0.15) is 22.8 Å². The zero-order valence-corrected chi connectivity index (χ0v) is 16.8. The van der Waals surface area contributed by atoms with Gasteiger partial charge in [0.1, 0.15) is 11.6 Å². The van der Waals surface area contributed by atoms with Gasteiger partial charge in [-0.3, -0.25) is 4.79 Å². The number of anilines is 1. The van der Waals surface area contributed by atoms with E-state index in [9.17, 15) is 9.59 Å². The van der Waals surface area contributed by atoms with Crippen LogP contribution in [0, 0.1) is 0 Å². The Labute approximate surface area is 170 Å². The number of carbonyl (C=O) groups is 2. The van der Waals surface area contributed by atoms with Crippen LogP contribution in [0.2, 0.25) is 0 Å². The molecule has 154 valence electrons. The van der Waals surface area contributed by atoms with Crippen LogP contribution in [0.5, 0.6) is 5.75 Å². The Morgan fingerprint density at radius 3 is 2.31 bits per heavy atom. The minimum Gasteiger partial charge on any atom is -0.497 e. The zero-order valence-electron chi connectivity index (χ0n) is 16.8. The van der Waals surface area contributed by atoms with Crippen LogP contribution in [-0.4, -0.2) is 66.7 Å². The van der Waals surface area contributed by atoms with Crippen LogP contribution < -0.4 is 10.1 Å². The van der Waals surface area contributed by atoms with Crippen LogP contribution in [0.25, 0.3) is 0 Å². The molecule has 0 unspecified atom stereocenters. The largest absolute Gasteiger partial charge is 0.497 e. The third kappa shape index (κ3) is 5.37. The molecular weight excluding hydrogens is 372 g/mol. The van der Waals surface area contributed by atoms with Crippen LogP contribution in [-0.2, 0) is 11.3 Å². The summed E-state index contributed by atoms with van der Waals surface area (Å²) in [6.45, 7) is 4.66. The molecule has 0 aliphatic carbocycles. The van der Waals surface area contributed by atoms with E-state index >= 15 is 0 Å². The Morgan fingerprint density at radius 1 is 1.03 bits per heavy atom. The first kappa shape index (κ1) is 20.4. The van der Waals surface area contributed by atoms with Gasteiger partial charge in [-0.1, -0.05) is 12.1 Å². The number of piperazine rings is 1. The topological polar surface area (TPSA) is 84.0 Å². The molecule has 2 amide bonds. The highest BCUT2D eigenvalue weighted by Gasteiger charge is 2.25. The van der Waals surface area contributed by atoms with Gasteiger partial charge in [-0.25, -0.2) is 9.78 Å². The Morgan fingerprint density at radius 2 is 1.72 bits per heavy atom. The minimum absolute atomic E-state index is 0.0808. The number of carbonyl (C=O) groups excluding carboxylic acids is 2. The number of nitrogens with zero attached hydrogens (tertiary/aromatic N) is 3. The highest BCUT2D eigenvalue weighted by molar-refractivity contribution is 5.94. The van der Waals surface area contributed by atoms with Gasteiger partial charge < -0.3 is 24.6 Å². The van der Waals surface area contributed by atoms with Crippen LogP contribution in [0.15, 0.2) is 42.6 Å². The van der Waals surface area contributed by atoms with Crippen molar-refractivity contribution >= 4 is 17.8 Å². The number of benzene rings is 1. The van der Waals surface area contributed by atoms with Crippen LogP contribution in [0.4, 0.5) is 10.6 Å². The predicted octanol–water partition coefficient (Wildman–Crippen LogP) is 2.62. The lowest BCUT2D eigenvalue weighted by atomic mass is 10.2. The van der Waals surface area contributed by atoms with Gasteiger partial charge in [0.25, 0.3) is 5.91 Å². The van der Waals surface area contributed by atoms with E-state index in [1.54, 1.807) is 42.2 Å². The van der Waals surface area contributed by atoms with E-state index in [1.165, 1.54) is 0 Å². The molecular formula is C21H26N4O4. The number of pyridine rings is 1. The molecule has 1 aromatic carbocycles. The molecule has 8 nitrogen and oxygen atoms in total. The first-order valence-corrected chi connectivity index (χ1v) is 9.64. The number of aromatic nitrogens is 1. The lowest BCUT2D eigenvalue weighted by molar-refractivity contribution is 0.0570. The van der Waals surface area contributed by atoms with E-state index in [0.717, 1.165) is 11.3 Å². The minimum atomic E-state index is -0.325. The molecule has 0 atom stereocenters. The van der Waals surface area contributed by atoms with Gasteiger partial charge in [0, 0.05) is 38.9 Å². The van der Waals surface area contributed by atoms with Gasteiger partial charge in [0.2, 0.25) is 0 Å². The summed E-state index contributed by atoms with van der Waals surface area (Å²) in [6.07, 6.45) is 1.25. The number of hydrogen-bond donors (Lipinski definition) is 1. The fourth-order valence-corrected chi connectivity index (χ4v) is 3.05. The van der Waals surface area contributed by atoms with Crippen molar-refractivity contribution in [1.29, 1.82) is 0 Å². The van der Waals surface area contributed by atoms with Crippen molar-refractivity contribution in [3.63, 3.8) is 0 Å². The molecule has 1 aliphatic rings. The second kappa shape index (κ2) is 9.77. The molecule has 29 heavy (non-hydrogen) atoms. The van der Waals surface area contributed by atoms with Gasteiger partial charge in [-0.05, 0) is 36.8 Å². The number of nitrogens with one attached hydrogen (secondary N) is 1. The summed E-state index contributed by atoms with van der Waals surface area (Å²) in [5.41, 5.74) is 1.64. The quantitative estimate of drug-likeness (QED) is 0.805. The molecule has 0 bridgehead atoms. The normalized spacial score (nSPS) is 13.7. The molecule has 8 heteroatoms. The molecule has 1 saturated heterocycles. The lowest BCUT2D eigenvalue weighted by Crippen LogP contribution is -2.50. The van der Waals surface area contributed by atoms with E-state index in [2.05, 4.69) is 10.3 Å². The fourth-order valence-electron chi connectivity index (χ4n) is 3.05. The number of amides is 2. The van der Waals surface area contributed by atoms with E-state index in [4.69, 9.17) is 9.47 Å². The van der Waals surface area contributed by atoms with Crippen molar-refractivity contribution in [3.05, 3.63) is 53.7 Å². The van der Waals surface area contributed by atoms with E-state index in [1.807, 2.05) is 24.3 Å². The van der Waals surface area contributed by atoms with Crippen molar-refractivity contribution in [2.45, 2.75) is 13.5 Å². The van der Waals surface area contributed by atoms with Crippen molar-refractivity contribution in [2.24, 2.45) is 0 Å². The molecule has 1 aliphatic heterocycles. The summed E-state index contributed by atoms with van der Waals surface area (Å²) in [6, 6.07) is 11.4. The summed E-state index contributed by atoms with van der Waals surface area (Å²) in [4.78, 5) is 32.1. The number of hydrogen-bond acceptors (Lipinski definition) is 6. The molecule has 1 N–H and O–H groups in total. The third-order valence-electron chi connectivity index (χ3n) is 4.74. The monoisotopic (exact) mass is 398 g/mol. The molecule has 1 fully saturated rings. The highest BCUT2D eigenvalue weighted by Crippen LogP contribution is 2.14. The van der Waals surface area contributed by atoms with E-state index in [0.29, 0.717) is 50.7 Å². The summed E-state index contributed by atoms with van der Waals surface area (Å²) < 4.78 is 10.2. The smallest absolute Gasteiger partial charge is 0.409 e. The van der Waals surface area contributed by atoms with Gasteiger partial charge in [-0.15, -0.1) is 0 Å². The summed E-state index contributed by atoms with van der Waals surface area (Å²) in [7, 11) is 1.64. The van der Waals surface area contributed by atoms with Gasteiger partial charge in [-0.2, -0.15) is 0 Å². The standard InChI is InChI=1S/C21H26N4O4/c1-3-29-21(27)25-12-10-24(11-13-25)20(26)17-6-9-19(23-15-17)22-14-16-4-7-18(28-2)8-5-16/h4-9,15H,3,10-14H2,1-2H3,(H,22,23). The molecule has 2 heterocycles. The third-order valence-corrected chi connectivity index (χ3v) is 4.74. The molecule has 3 rings (SSSR count). The summed E-state index contributed by atoms with van der Waals surface area (Å²) in [5.74, 6) is 1.44. The first-order chi connectivity index (χ1) is 14.1. The van der Waals surface area contributed by atoms with Crippen molar-refractivity contribution in [3.8, 4) is 5.75 Å². The predicted molar refractivity (Wildman–Crippen MR) is 109 cm³/mol. The summed E-state index contributed by atoms with van der Waals surface area (Å²) in [5, 5.41) is 3.24. The number of rotatable bonds is 6. The average molecular weight is 398 g/mol. The van der Waals surface area contributed by atoms with Crippen LogP contribution in [0.3, 0.4) is 0 Å². The van der Waals surface area contributed by atoms with E-state index < -0.39 is 0 Å². The van der Waals surface area contributed by atoms with Gasteiger partial charge >= 0.3 is 6.09 Å². The fraction of sp³-hybridized carbons (Fsp3) is 0.381. The first-order valence-electron chi connectivity index (χ1n) is 9.64. The Bertz CT molecular complexity index is 816. The van der Waals surface area contributed by atoms with Crippen molar-refractivity contribution < 1.29 is 19.1 Å². The van der Waals surface area contributed by atoms with Crippen molar-refractivity contribution in [1.82, 2.24) is 14.8 Å². The number of methoxy groups -OCH3 is 1. The van der Waals surface area contributed by atoms with Crippen LogP contribution >= 0.6 is 0 Å². The van der Waals surface area contributed by atoms with Gasteiger partial charge in [0.05, 0.1) is 19.3 Å². The summed E-state index contributed by atoms with van der Waals surface area (Å²) >= 11 is 0. The molecule has 0 spiro atoms. The second-order valence-corrected chi connectivity index (χ2v) is 6.61. The highest BCUT2D eigenvalue weighted by atomic mass is 16.6. The molecule has 0 radical (unpaired) electrons. The molecule has 1 aromatic heterocycles.